The molecule has 0 unspecified atom stereocenters. The van der Waals surface area contributed by atoms with Gasteiger partial charge in [0.25, 0.3) is 0 Å². The van der Waals surface area contributed by atoms with E-state index >= 15 is 0 Å². The van der Waals surface area contributed by atoms with Crippen LogP contribution in [0.2, 0.25) is 5.02 Å². The Kier molecular flexibility index (Phi) is 5.73. The van der Waals surface area contributed by atoms with Crippen LogP contribution in [-0.4, -0.2) is 25.7 Å². The number of nitrogens with one attached hydrogen (secondary N) is 1. The summed E-state index contributed by atoms with van der Waals surface area (Å²) in [6.45, 7) is 2.37. The smallest absolute Gasteiger partial charge is 0.244 e. The molecule has 1 aromatic carbocycles. The summed E-state index contributed by atoms with van der Waals surface area (Å²) < 4.78 is 4.93. The molecule has 92 valence electrons. The largest absolute Gasteiger partial charge is 0.383 e. The Labute approximate surface area is 106 Å². The molecule has 0 heterocycles. The lowest BCUT2D eigenvalue weighted by atomic mass is 10.2. The van der Waals surface area contributed by atoms with Gasteiger partial charge in [-0.2, -0.15) is 0 Å². The molecule has 3 nitrogen and oxygen atoms in total. The third-order valence-electron chi connectivity index (χ3n) is 2.12. The molecule has 0 bridgehead atoms. The molecule has 4 heteroatoms. The van der Waals surface area contributed by atoms with Gasteiger partial charge in [-0.05, 0) is 24.6 Å². The Morgan fingerprint density at radius 3 is 2.88 bits per heavy atom. The zero-order valence-corrected chi connectivity index (χ0v) is 10.7. The quantitative estimate of drug-likeness (QED) is 0.819. The first-order chi connectivity index (χ1) is 8.13. The monoisotopic (exact) mass is 253 g/mol. The Hall–Kier alpha value is -1.32. The van der Waals surface area contributed by atoms with E-state index in [1.165, 1.54) is 6.08 Å². The fourth-order valence-corrected chi connectivity index (χ4v) is 1.56. The van der Waals surface area contributed by atoms with Crippen molar-refractivity contribution in [2.45, 2.75) is 13.0 Å². The van der Waals surface area contributed by atoms with Crippen molar-refractivity contribution in [3.05, 3.63) is 40.9 Å². The van der Waals surface area contributed by atoms with E-state index in [0.29, 0.717) is 11.6 Å². The number of carbonyl (C=O) groups is 1. The number of amides is 1. The van der Waals surface area contributed by atoms with Gasteiger partial charge in [0.2, 0.25) is 5.91 Å². The summed E-state index contributed by atoms with van der Waals surface area (Å²) in [6.07, 6.45) is 3.16. The number of carbonyl (C=O) groups excluding carboxylic acids is 1. The van der Waals surface area contributed by atoms with Crippen LogP contribution < -0.4 is 5.32 Å². The van der Waals surface area contributed by atoms with Crippen molar-refractivity contribution in [3.63, 3.8) is 0 Å². The zero-order valence-electron chi connectivity index (χ0n) is 9.94. The Morgan fingerprint density at radius 1 is 1.53 bits per heavy atom. The van der Waals surface area contributed by atoms with Gasteiger partial charge in [-0.25, -0.2) is 0 Å². The molecule has 0 aliphatic carbocycles. The average Bonchev–Trinajstić information content (AvgIpc) is 2.28. The lowest BCUT2D eigenvalue weighted by Crippen LogP contribution is -2.34. The maximum Gasteiger partial charge on any atom is 0.244 e. The van der Waals surface area contributed by atoms with Crippen molar-refractivity contribution >= 4 is 23.6 Å². The predicted octanol–water partition coefficient (Wildman–Crippen LogP) is 2.50. The summed E-state index contributed by atoms with van der Waals surface area (Å²) in [5.74, 6) is -0.158. The fraction of sp³-hybridized carbons (Fsp3) is 0.308. The highest BCUT2D eigenvalue weighted by molar-refractivity contribution is 6.32. The first-order valence-corrected chi connectivity index (χ1v) is 5.73. The van der Waals surface area contributed by atoms with Crippen LogP contribution in [-0.2, 0) is 9.53 Å². The summed E-state index contributed by atoms with van der Waals surface area (Å²) >= 11 is 5.96. The third-order valence-corrected chi connectivity index (χ3v) is 2.47. The molecule has 0 spiro atoms. The highest BCUT2D eigenvalue weighted by Gasteiger charge is 2.03. The van der Waals surface area contributed by atoms with E-state index in [1.807, 2.05) is 25.1 Å². The minimum atomic E-state index is -0.158. The van der Waals surface area contributed by atoms with E-state index in [-0.39, 0.29) is 11.9 Å². The van der Waals surface area contributed by atoms with Gasteiger partial charge < -0.3 is 10.1 Å². The van der Waals surface area contributed by atoms with E-state index in [4.69, 9.17) is 16.3 Å². The van der Waals surface area contributed by atoms with Crippen LogP contribution in [0.4, 0.5) is 0 Å². The number of ether oxygens (including phenoxy) is 1. The topological polar surface area (TPSA) is 38.3 Å². The zero-order chi connectivity index (χ0) is 12.7. The molecule has 0 saturated heterocycles. The number of hydrogen-bond donors (Lipinski definition) is 1. The summed E-state index contributed by atoms with van der Waals surface area (Å²) in [6, 6.07) is 7.35. The Balaban J connectivity index is 2.54. The maximum atomic E-state index is 11.5. The van der Waals surface area contributed by atoms with Gasteiger partial charge in [-0.15, -0.1) is 0 Å². The molecule has 0 radical (unpaired) electrons. The van der Waals surface area contributed by atoms with Crippen LogP contribution >= 0.6 is 11.6 Å². The van der Waals surface area contributed by atoms with Crippen LogP contribution in [0.15, 0.2) is 30.3 Å². The van der Waals surface area contributed by atoms with Gasteiger partial charge in [0.1, 0.15) is 0 Å². The van der Waals surface area contributed by atoms with Crippen molar-refractivity contribution in [2.75, 3.05) is 13.7 Å². The maximum absolute atomic E-state index is 11.5. The number of rotatable bonds is 5. The minimum absolute atomic E-state index is 0.0107. The molecule has 1 N–H and O–H groups in total. The van der Waals surface area contributed by atoms with Gasteiger partial charge in [-0.1, -0.05) is 29.8 Å². The van der Waals surface area contributed by atoms with Crippen molar-refractivity contribution in [1.29, 1.82) is 0 Å². The van der Waals surface area contributed by atoms with E-state index in [1.54, 1.807) is 19.3 Å². The highest BCUT2D eigenvalue weighted by atomic mass is 35.5. The van der Waals surface area contributed by atoms with Gasteiger partial charge in [0.05, 0.1) is 6.61 Å². The second kappa shape index (κ2) is 7.09. The van der Waals surface area contributed by atoms with Crippen LogP contribution in [0.5, 0.6) is 0 Å². The van der Waals surface area contributed by atoms with Crippen molar-refractivity contribution < 1.29 is 9.53 Å². The van der Waals surface area contributed by atoms with E-state index < -0.39 is 0 Å². The van der Waals surface area contributed by atoms with Crippen LogP contribution in [0.25, 0.3) is 6.08 Å². The SMILES string of the molecule is COC[C@H](C)NC(=O)/C=C/c1ccccc1Cl. The molecular weight excluding hydrogens is 238 g/mol. The van der Waals surface area contributed by atoms with Gasteiger partial charge in [0.15, 0.2) is 0 Å². The second-order valence-corrected chi connectivity index (χ2v) is 4.13. The number of benzene rings is 1. The van der Waals surface area contributed by atoms with Crippen molar-refractivity contribution in [3.8, 4) is 0 Å². The lowest BCUT2D eigenvalue weighted by molar-refractivity contribution is -0.117. The van der Waals surface area contributed by atoms with E-state index in [9.17, 15) is 4.79 Å². The van der Waals surface area contributed by atoms with E-state index in [2.05, 4.69) is 5.32 Å². The molecule has 0 aliphatic rings. The molecule has 0 aromatic heterocycles. The molecule has 0 aliphatic heterocycles. The van der Waals surface area contributed by atoms with Gasteiger partial charge >= 0.3 is 0 Å². The molecular formula is C13H16ClNO2. The first-order valence-electron chi connectivity index (χ1n) is 5.35. The fourth-order valence-electron chi connectivity index (χ4n) is 1.36. The number of methoxy groups -OCH3 is 1. The molecule has 0 saturated carbocycles. The number of hydrogen-bond acceptors (Lipinski definition) is 2. The lowest BCUT2D eigenvalue weighted by Gasteiger charge is -2.10. The van der Waals surface area contributed by atoms with Crippen LogP contribution in [0.3, 0.4) is 0 Å². The predicted molar refractivity (Wildman–Crippen MR) is 70.0 cm³/mol. The molecule has 0 fully saturated rings. The van der Waals surface area contributed by atoms with Gasteiger partial charge in [-0.3, -0.25) is 4.79 Å². The molecule has 1 aromatic rings. The van der Waals surface area contributed by atoms with Gasteiger partial charge in [0, 0.05) is 24.3 Å². The third kappa shape index (κ3) is 5.02. The summed E-state index contributed by atoms with van der Waals surface area (Å²) in [7, 11) is 1.60. The van der Waals surface area contributed by atoms with Crippen molar-refractivity contribution in [2.24, 2.45) is 0 Å². The summed E-state index contributed by atoms with van der Waals surface area (Å²) in [5.41, 5.74) is 0.823. The summed E-state index contributed by atoms with van der Waals surface area (Å²) in [5, 5.41) is 3.40. The van der Waals surface area contributed by atoms with Crippen LogP contribution in [0.1, 0.15) is 12.5 Å². The minimum Gasteiger partial charge on any atom is -0.383 e. The Morgan fingerprint density at radius 2 is 2.24 bits per heavy atom. The average molecular weight is 254 g/mol. The van der Waals surface area contributed by atoms with E-state index in [0.717, 1.165) is 5.56 Å². The summed E-state index contributed by atoms with van der Waals surface area (Å²) in [4.78, 5) is 11.5. The second-order valence-electron chi connectivity index (χ2n) is 3.72. The number of halogens is 1. The highest BCUT2D eigenvalue weighted by Crippen LogP contribution is 2.15. The van der Waals surface area contributed by atoms with Crippen LogP contribution in [0, 0.1) is 0 Å². The normalized spacial score (nSPS) is 12.6. The molecule has 1 rings (SSSR count). The molecule has 1 amide bonds. The molecule has 17 heavy (non-hydrogen) atoms. The van der Waals surface area contributed by atoms with Crippen molar-refractivity contribution in [1.82, 2.24) is 5.32 Å². The standard InChI is InChI=1S/C13H16ClNO2/c1-10(9-17-2)15-13(16)8-7-11-5-3-4-6-12(11)14/h3-8,10H,9H2,1-2H3,(H,15,16)/b8-7+/t10-/m0/s1. The first kappa shape index (κ1) is 13.7. The Bertz CT molecular complexity index is 404. The molecule has 1 atom stereocenters.